The second-order valence-electron chi connectivity index (χ2n) is 3.89. The van der Waals surface area contributed by atoms with E-state index in [0.717, 1.165) is 5.56 Å². The molecule has 1 N–H and O–H groups in total. The molecule has 1 atom stereocenters. The summed E-state index contributed by atoms with van der Waals surface area (Å²) in [6.07, 6.45) is 3.95. The van der Waals surface area contributed by atoms with Crippen LogP contribution in [0.2, 0.25) is 0 Å². The van der Waals surface area contributed by atoms with Crippen molar-refractivity contribution in [2.24, 2.45) is 5.92 Å². The molecule has 0 radical (unpaired) electrons. The highest BCUT2D eigenvalue weighted by molar-refractivity contribution is 5.78. The molecule has 4 heteroatoms. The van der Waals surface area contributed by atoms with Crippen molar-refractivity contribution in [1.29, 1.82) is 0 Å². The van der Waals surface area contributed by atoms with Gasteiger partial charge in [0.2, 0.25) is 5.91 Å². The van der Waals surface area contributed by atoms with E-state index in [1.807, 2.05) is 12.1 Å². The number of nitrogens with zero attached hydrogens (tertiary/aromatic N) is 2. The van der Waals surface area contributed by atoms with E-state index in [1.54, 1.807) is 17.3 Å². The number of likely N-dealkylation sites (tertiary alicyclic amines) is 1. The largest absolute Gasteiger partial charge is 0.396 e. The molecule has 15 heavy (non-hydrogen) atoms. The van der Waals surface area contributed by atoms with Crippen LogP contribution in [0.25, 0.3) is 0 Å². The number of hydrogen-bond acceptors (Lipinski definition) is 3. The minimum Gasteiger partial charge on any atom is -0.396 e. The first-order chi connectivity index (χ1) is 7.29. The SMILES string of the molecule is O=C1CC(CO)CN1Cc1cccnc1. The third kappa shape index (κ3) is 2.33. The van der Waals surface area contributed by atoms with Gasteiger partial charge in [0.05, 0.1) is 0 Å². The molecule has 1 aromatic heterocycles. The van der Waals surface area contributed by atoms with E-state index in [1.165, 1.54) is 0 Å². The summed E-state index contributed by atoms with van der Waals surface area (Å²) in [6.45, 7) is 1.35. The Labute approximate surface area is 88.6 Å². The molecule has 1 aliphatic heterocycles. The molecular weight excluding hydrogens is 192 g/mol. The summed E-state index contributed by atoms with van der Waals surface area (Å²) in [6, 6.07) is 3.81. The lowest BCUT2D eigenvalue weighted by Gasteiger charge is -2.15. The summed E-state index contributed by atoms with van der Waals surface area (Å²) in [4.78, 5) is 17.3. The number of aliphatic hydroxyl groups is 1. The summed E-state index contributed by atoms with van der Waals surface area (Å²) in [5, 5.41) is 8.98. The monoisotopic (exact) mass is 206 g/mol. The predicted molar refractivity (Wildman–Crippen MR) is 54.8 cm³/mol. The van der Waals surface area contributed by atoms with Gasteiger partial charge in [-0.3, -0.25) is 9.78 Å². The van der Waals surface area contributed by atoms with Crippen LogP contribution in [0, 0.1) is 5.92 Å². The highest BCUT2D eigenvalue weighted by atomic mass is 16.3. The molecule has 2 rings (SSSR count). The van der Waals surface area contributed by atoms with Crippen LogP contribution < -0.4 is 0 Å². The number of aromatic nitrogens is 1. The molecule has 1 aliphatic rings. The zero-order valence-corrected chi connectivity index (χ0v) is 8.47. The molecule has 0 aromatic carbocycles. The maximum absolute atomic E-state index is 11.5. The smallest absolute Gasteiger partial charge is 0.223 e. The lowest BCUT2D eigenvalue weighted by Crippen LogP contribution is -2.24. The van der Waals surface area contributed by atoms with E-state index < -0.39 is 0 Å². The first kappa shape index (κ1) is 10.1. The van der Waals surface area contributed by atoms with Gasteiger partial charge in [-0.2, -0.15) is 0 Å². The molecule has 80 valence electrons. The first-order valence-corrected chi connectivity index (χ1v) is 5.07. The Morgan fingerprint density at radius 3 is 3.07 bits per heavy atom. The molecular formula is C11H14N2O2. The Morgan fingerprint density at radius 2 is 2.47 bits per heavy atom. The van der Waals surface area contributed by atoms with Crippen LogP contribution in [0.3, 0.4) is 0 Å². The first-order valence-electron chi connectivity index (χ1n) is 5.07. The van der Waals surface area contributed by atoms with Crippen molar-refractivity contribution in [2.45, 2.75) is 13.0 Å². The van der Waals surface area contributed by atoms with Gasteiger partial charge >= 0.3 is 0 Å². The van der Waals surface area contributed by atoms with Crippen molar-refractivity contribution >= 4 is 5.91 Å². The van der Waals surface area contributed by atoms with Crippen molar-refractivity contribution < 1.29 is 9.90 Å². The fraction of sp³-hybridized carbons (Fsp3) is 0.455. The summed E-state index contributed by atoms with van der Waals surface area (Å²) in [7, 11) is 0. The Morgan fingerprint density at radius 1 is 1.60 bits per heavy atom. The molecule has 0 saturated carbocycles. The third-order valence-corrected chi connectivity index (χ3v) is 2.65. The maximum atomic E-state index is 11.5. The minimum absolute atomic E-state index is 0.0925. The van der Waals surface area contributed by atoms with Gasteiger partial charge in [0.25, 0.3) is 0 Å². The van der Waals surface area contributed by atoms with E-state index in [-0.39, 0.29) is 18.4 Å². The molecule has 1 amide bonds. The number of amides is 1. The maximum Gasteiger partial charge on any atom is 0.223 e. The van der Waals surface area contributed by atoms with Crippen LogP contribution in [-0.4, -0.2) is 34.0 Å². The predicted octanol–water partition coefficient (Wildman–Crippen LogP) is 0.422. The van der Waals surface area contributed by atoms with E-state index in [9.17, 15) is 4.79 Å². The van der Waals surface area contributed by atoms with Gasteiger partial charge in [0.15, 0.2) is 0 Å². The van der Waals surface area contributed by atoms with E-state index in [0.29, 0.717) is 19.5 Å². The summed E-state index contributed by atoms with van der Waals surface area (Å²) >= 11 is 0. The van der Waals surface area contributed by atoms with Crippen LogP contribution in [0.4, 0.5) is 0 Å². The van der Waals surface area contributed by atoms with Gasteiger partial charge in [-0.05, 0) is 11.6 Å². The number of hydrogen-bond donors (Lipinski definition) is 1. The molecule has 1 saturated heterocycles. The summed E-state index contributed by atoms with van der Waals surface area (Å²) in [5.41, 5.74) is 1.03. The molecule has 0 spiro atoms. The lowest BCUT2D eigenvalue weighted by atomic mass is 10.1. The second kappa shape index (κ2) is 4.40. The van der Waals surface area contributed by atoms with Crippen LogP contribution in [0.5, 0.6) is 0 Å². The van der Waals surface area contributed by atoms with Crippen LogP contribution in [0.15, 0.2) is 24.5 Å². The van der Waals surface area contributed by atoms with Crippen molar-refractivity contribution in [2.75, 3.05) is 13.2 Å². The Bertz CT molecular complexity index is 340. The van der Waals surface area contributed by atoms with Crippen molar-refractivity contribution in [3.8, 4) is 0 Å². The van der Waals surface area contributed by atoms with Crippen LogP contribution in [0.1, 0.15) is 12.0 Å². The molecule has 1 aromatic rings. The minimum atomic E-state index is 0.0925. The summed E-state index contributed by atoms with van der Waals surface area (Å²) < 4.78 is 0. The highest BCUT2D eigenvalue weighted by Gasteiger charge is 2.28. The van der Waals surface area contributed by atoms with Gasteiger partial charge < -0.3 is 10.0 Å². The molecule has 0 aliphatic carbocycles. The highest BCUT2D eigenvalue weighted by Crippen LogP contribution is 2.19. The molecule has 1 fully saturated rings. The summed E-state index contributed by atoms with van der Waals surface area (Å²) in [5.74, 6) is 0.229. The average Bonchev–Trinajstić information content (AvgIpc) is 2.61. The lowest BCUT2D eigenvalue weighted by molar-refractivity contribution is -0.128. The molecule has 0 bridgehead atoms. The van der Waals surface area contributed by atoms with Crippen molar-refractivity contribution in [3.05, 3.63) is 30.1 Å². The average molecular weight is 206 g/mol. The fourth-order valence-electron chi connectivity index (χ4n) is 1.84. The van der Waals surface area contributed by atoms with Crippen molar-refractivity contribution in [1.82, 2.24) is 9.88 Å². The Hall–Kier alpha value is -1.42. The van der Waals surface area contributed by atoms with Crippen molar-refractivity contribution in [3.63, 3.8) is 0 Å². The standard InChI is InChI=1S/C11H14N2O2/c14-8-10-4-11(15)13(7-10)6-9-2-1-3-12-5-9/h1-3,5,10,14H,4,6-8H2. The number of aliphatic hydroxyl groups excluding tert-OH is 1. The van der Waals surface area contributed by atoms with Gasteiger partial charge in [-0.1, -0.05) is 6.07 Å². The quantitative estimate of drug-likeness (QED) is 0.780. The van der Waals surface area contributed by atoms with Crippen LogP contribution in [-0.2, 0) is 11.3 Å². The van der Waals surface area contributed by atoms with Gasteiger partial charge in [-0.15, -0.1) is 0 Å². The van der Waals surface area contributed by atoms with Gasteiger partial charge in [0.1, 0.15) is 0 Å². The Balaban J connectivity index is 1.99. The fourth-order valence-corrected chi connectivity index (χ4v) is 1.84. The molecule has 4 nitrogen and oxygen atoms in total. The number of pyridine rings is 1. The molecule has 1 unspecified atom stereocenters. The normalized spacial score (nSPS) is 21.0. The van der Waals surface area contributed by atoms with E-state index in [4.69, 9.17) is 5.11 Å². The zero-order valence-electron chi connectivity index (χ0n) is 8.47. The number of carbonyl (C=O) groups is 1. The van der Waals surface area contributed by atoms with Gasteiger partial charge in [0, 0.05) is 44.4 Å². The second-order valence-corrected chi connectivity index (χ2v) is 3.89. The third-order valence-electron chi connectivity index (χ3n) is 2.65. The van der Waals surface area contributed by atoms with Gasteiger partial charge in [-0.25, -0.2) is 0 Å². The molecule has 2 heterocycles. The Kier molecular flexibility index (Phi) is 2.97. The van der Waals surface area contributed by atoms with E-state index >= 15 is 0 Å². The topological polar surface area (TPSA) is 53.4 Å². The number of rotatable bonds is 3. The van der Waals surface area contributed by atoms with Crippen LogP contribution >= 0.6 is 0 Å². The van der Waals surface area contributed by atoms with E-state index in [2.05, 4.69) is 4.98 Å². The zero-order chi connectivity index (χ0) is 10.7. The number of carbonyl (C=O) groups excluding carboxylic acids is 1.